The molecule has 0 bridgehead atoms. The van der Waals surface area contributed by atoms with Gasteiger partial charge in [0, 0.05) is 26.4 Å². The Morgan fingerprint density at radius 3 is 2.47 bits per heavy atom. The van der Waals surface area contributed by atoms with Crippen molar-refractivity contribution in [1.82, 2.24) is 5.32 Å². The van der Waals surface area contributed by atoms with E-state index >= 15 is 0 Å². The first-order valence-electron chi connectivity index (χ1n) is 7.22. The summed E-state index contributed by atoms with van der Waals surface area (Å²) in [6.07, 6.45) is 9.40. The maximum Gasteiger partial charge on any atom is 0.0572 e. The molecule has 0 atom stereocenters. The molecule has 3 heteroatoms. The Balaban J connectivity index is 1.40. The first kappa shape index (κ1) is 13.3. The van der Waals surface area contributed by atoms with Crippen molar-refractivity contribution in [3.63, 3.8) is 0 Å². The van der Waals surface area contributed by atoms with Crippen LogP contribution in [0.2, 0.25) is 0 Å². The van der Waals surface area contributed by atoms with Gasteiger partial charge in [0.2, 0.25) is 0 Å². The van der Waals surface area contributed by atoms with E-state index < -0.39 is 0 Å². The van der Waals surface area contributed by atoms with Gasteiger partial charge in [-0.3, -0.25) is 0 Å². The molecule has 2 saturated carbocycles. The van der Waals surface area contributed by atoms with Gasteiger partial charge in [-0.1, -0.05) is 0 Å². The molecule has 2 aliphatic carbocycles. The number of methoxy groups -OCH3 is 1. The van der Waals surface area contributed by atoms with E-state index in [0.29, 0.717) is 12.1 Å². The molecule has 0 aromatic carbocycles. The first-order chi connectivity index (χ1) is 8.38. The predicted molar refractivity (Wildman–Crippen MR) is 69.2 cm³/mol. The van der Waals surface area contributed by atoms with Gasteiger partial charge in [0.1, 0.15) is 0 Å². The standard InChI is InChI=1S/C14H27NO2/c1-16-14-7-5-13(6-8-14)15-9-2-10-17-11-12-3-4-12/h12-15H,2-11H2,1H3. The number of hydrogen-bond acceptors (Lipinski definition) is 3. The van der Waals surface area contributed by atoms with Gasteiger partial charge in [-0.25, -0.2) is 0 Å². The van der Waals surface area contributed by atoms with Gasteiger partial charge in [0.25, 0.3) is 0 Å². The van der Waals surface area contributed by atoms with Crippen molar-refractivity contribution in [2.24, 2.45) is 5.92 Å². The van der Waals surface area contributed by atoms with Crippen LogP contribution in [0.5, 0.6) is 0 Å². The summed E-state index contributed by atoms with van der Waals surface area (Å²) < 4.78 is 11.0. The second-order valence-electron chi connectivity index (χ2n) is 5.54. The normalized spacial score (nSPS) is 29.5. The Morgan fingerprint density at radius 1 is 1.06 bits per heavy atom. The molecule has 2 rings (SSSR count). The average Bonchev–Trinajstić information content (AvgIpc) is 3.18. The molecule has 0 aromatic rings. The quantitative estimate of drug-likeness (QED) is 0.662. The third-order valence-corrected chi connectivity index (χ3v) is 3.96. The van der Waals surface area contributed by atoms with Crippen LogP contribution in [0.1, 0.15) is 44.9 Å². The number of ether oxygens (including phenoxy) is 2. The van der Waals surface area contributed by atoms with Gasteiger partial charge >= 0.3 is 0 Å². The van der Waals surface area contributed by atoms with Crippen molar-refractivity contribution in [3.05, 3.63) is 0 Å². The zero-order valence-electron chi connectivity index (χ0n) is 11.1. The van der Waals surface area contributed by atoms with E-state index in [2.05, 4.69) is 5.32 Å². The molecule has 0 spiro atoms. The van der Waals surface area contributed by atoms with E-state index in [1.807, 2.05) is 7.11 Å². The summed E-state index contributed by atoms with van der Waals surface area (Å²) in [6.45, 7) is 3.03. The third-order valence-electron chi connectivity index (χ3n) is 3.96. The second kappa shape index (κ2) is 7.34. The van der Waals surface area contributed by atoms with Gasteiger partial charge < -0.3 is 14.8 Å². The molecule has 0 aromatic heterocycles. The maximum absolute atomic E-state index is 5.62. The van der Waals surface area contributed by atoms with Crippen LogP contribution in [0.3, 0.4) is 0 Å². The van der Waals surface area contributed by atoms with Crippen LogP contribution >= 0.6 is 0 Å². The Bertz CT molecular complexity index is 198. The monoisotopic (exact) mass is 241 g/mol. The highest BCUT2D eigenvalue weighted by Gasteiger charge is 2.21. The highest BCUT2D eigenvalue weighted by molar-refractivity contribution is 4.77. The van der Waals surface area contributed by atoms with Gasteiger partial charge in [-0.15, -0.1) is 0 Å². The first-order valence-corrected chi connectivity index (χ1v) is 7.22. The van der Waals surface area contributed by atoms with Crippen LogP contribution in [-0.4, -0.2) is 39.0 Å². The molecule has 0 heterocycles. The maximum atomic E-state index is 5.62. The lowest BCUT2D eigenvalue weighted by Crippen LogP contribution is -2.35. The number of rotatable bonds is 8. The van der Waals surface area contributed by atoms with Crippen molar-refractivity contribution < 1.29 is 9.47 Å². The Kier molecular flexibility index (Phi) is 5.75. The molecule has 17 heavy (non-hydrogen) atoms. The molecule has 2 aliphatic rings. The molecule has 3 nitrogen and oxygen atoms in total. The molecule has 0 unspecified atom stereocenters. The Hall–Kier alpha value is -0.120. The zero-order valence-corrected chi connectivity index (χ0v) is 11.1. The van der Waals surface area contributed by atoms with Crippen LogP contribution in [0.4, 0.5) is 0 Å². The molecule has 0 aliphatic heterocycles. The highest BCUT2D eigenvalue weighted by atomic mass is 16.5. The van der Waals surface area contributed by atoms with Gasteiger partial charge in [-0.05, 0) is 57.4 Å². The number of nitrogens with one attached hydrogen (secondary N) is 1. The van der Waals surface area contributed by atoms with Gasteiger partial charge in [0.05, 0.1) is 6.10 Å². The van der Waals surface area contributed by atoms with Crippen molar-refractivity contribution in [1.29, 1.82) is 0 Å². The second-order valence-corrected chi connectivity index (χ2v) is 5.54. The van der Waals surface area contributed by atoms with Crippen LogP contribution in [0.25, 0.3) is 0 Å². The van der Waals surface area contributed by atoms with Crippen LogP contribution in [0, 0.1) is 5.92 Å². The molecule has 0 saturated heterocycles. The number of hydrogen-bond donors (Lipinski definition) is 1. The van der Waals surface area contributed by atoms with Gasteiger partial charge in [0.15, 0.2) is 0 Å². The van der Waals surface area contributed by atoms with Gasteiger partial charge in [-0.2, -0.15) is 0 Å². The molecule has 2 fully saturated rings. The van der Waals surface area contributed by atoms with Crippen molar-refractivity contribution in [2.75, 3.05) is 26.9 Å². The summed E-state index contributed by atoms with van der Waals surface area (Å²) in [6, 6.07) is 0.713. The van der Waals surface area contributed by atoms with Crippen LogP contribution in [0.15, 0.2) is 0 Å². The average molecular weight is 241 g/mol. The zero-order chi connectivity index (χ0) is 11.9. The minimum Gasteiger partial charge on any atom is -0.381 e. The Labute approximate surface area is 105 Å². The molecule has 1 N–H and O–H groups in total. The summed E-state index contributed by atoms with van der Waals surface area (Å²) in [5.41, 5.74) is 0. The topological polar surface area (TPSA) is 30.5 Å². The van der Waals surface area contributed by atoms with E-state index in [-0.39, 0.29) is 0 Å². The van der Waals surface area contributed by atoms with Crippen molar-refractivity contribution in [3.8, 4) is 0 Å². The summed E-state index contributed by atoms with van der Waals surface area (Å²) in [5, 5.41) is 3.63. The Morgan fingerprint density at radius 2 is 1.82 bits per heavy atom. The van der Waals surface area contributed by atoms with E-state index in [1.165, 1.54) is 38.5 Å². The van der Waals surface area contributed by atoms with E-state index in [0.717, 1.165) is 32.1 Å². The molecule has 100 valence electrons. The lowest BCUT2D eigenvalue weighted by Gasteiger charge is -2.28. The SMILES string of the molecule is COC1CCC(NCCCOCC2CC2)CC1. The van der Waals surface area contributed by atoms with Crippen molar-refractivity contribution in [2.45, 2.75) is 57.1 Å². The molecular weight excluding hydrogens is 214 g/mol. The van der Waals surface area contributed by atoms with Crippen LogP contribution in [-0.2, 0) is 9.47 Å². The summed E-state index contributed by atoms with van der Waals surface area (Å²) in [5.74, 6) is 0.896. The highest BCUT2D eigenvalue weighted by Crippen LogP contribution is 2.28. The summed E-state index contributed by atoms with van der Waals surface area (Å²) >= 11 is 0. The fourth-order valence-electron chi connectivity index (χ4n) is 2.52. The van der Waals surface area contributed by atoms with Crippen LogP contribution < -0.4 is 5.32 Å². The molecular formula is C14H27NO2. The van der Waals surface area contributed by atoms with E-state index in [1.54, 1.807) is 0 Å². The minimum absolute atomic E-state index is 0.509. The fraction of sp³-hybridized carbons (Fsp3) is 1.00. The fourth-order valence-corrected chi connectivity index (χ4v) is 2.52. The molecule has 0 radical (unpaired) electrons. The van der Waals surface area contributed by atoms with E-state index in [4.69, 9.17) is 9.47 Å². The lowest BCUT2D eigenvalue weighted by atomic mass is 9.93. The predicted octanol–water partition coefficient (Wildman–Crippen LogP) is 2.35. The smallest absolute Gasteiger partial charge is 0.0572 e. The lowest BCUT2D eigenvalue weighted by molar-refractivity contribution is 0.0619. The summed E-state index contributed by atoms with van der Waals surface area (Å²) in [4.78, 5) is 0. The largest absolute Gasteiger partial charge is 0.381 e. The minimum atomic E-state index is 0.509. The molecule has 0 amide bonds. The van der Waals surface area contributed by atoms with Crippen molar-refractivity contribution >= 4 is 0 Å². The van der Waals surface area contributed by atoms with E-state index in [9.17, 15) is 0 Å². The summed E-state index contributed by atoms with van der Waals surface area (Å²) in [7, 11) is 1.83. The third kappa shape index (κ3) is 5.36.